The lowest BCUT2D eigenvalue weighted by Gasteiger charge is -2.05. The molecule has 0 bridgehead atoms. The summed E-state index contributed by atoms with van der Waals surface area (Å²) in [6.07, 6.45) is 0. The number of sulfonamides is 1. The molecule has 4 rings (SSSR count). The molecular weight excluding hydrogens is 358 g/mol. The molecule has 0 fully saturated rings. The van der Waals surface area contributed by atoms with E-state index in [0.29, 0.717) is 17.3 Å². The van der Waals surface area contributed by atoms with E-state index in [9.17, 15) is 8.42 Å². The van der Waals surface area contributed by atoms with Gasteiger partial charge >= 0.3 is 0 Å². The van der Waals surface area contributed by atoms with Gasteiger partial charge in [-0.05, 0) is 19.1 Å². The number of hydrogen-bond acceptors (Lipinski definition) is 7. The van der Waals surface area contributed by atoms with Crippen molar-refractivity contribution in [1.82, 2.24) is 14.9 Å². The van der Waals surface area contributed by atoms with Crippen LogP contribution in [0, 0.1) is 6.92 Å². The summed E-state index contributed by atoms with van der Waals surface area (Å²) < 4.78 is 42.8. The largest absolute Gasteiger partial charge is 0.454 e. The Balaban J connectivity index is 1.47. The average molecular weight is 373 g/mol. The highest BCUT2D eigenvalue weighted by atomic mass is 32.2. The number of aromatic nitrogens is 2. The lowest BCUT2D eigenvalue weighted by molar-refractivity contribution is 0.174. The maximum absolute atomic E-state index is 12.4. The Labute approximate surface area is 149 Å². The number of nitrogens with zero attached hydrogens (tertiary/aromatic N) is 2. The van der Waals surface area contributed by atoms with Crippen molar-refractivity contribution < 1.29 is 22.4 Å². The lowest BCUT2D eigenvalue weighted by atomic mass is 10.1. The standard InChI is InChI=1S/C17H15N3O5S/c1-11-2-4-12(5-3-11)17-19-16(25-20-17)9-18-26(21,22)13-6-7-14-15(8-13)24-10-23-14/h2-8,18H,9-10H2,1H3. The first-order valence-electron chi connectivity index (χ1n) is 7.80. The summed E-state index contributed by atoms with van der Waals surface area (Å²) in [5, 5.41) is 3.88. The molecule has 0 saturated carbocycles. The third-order valence-electron chi connectivity index (χ3n) is 3.85. The van der Waals surface area contributed by atoms with Gasteiger partial charge in [0.05, 0.1) is 11.4 Å². The quantitative estimate of drug-likeness (QED) is 0.731. The fourth-order valence-corrected chi connectivity index (χ4v) is 3.42. The van der Waals surface area contributed by atoms with Gasteiger partial charge in [0.25, 0.3) is 0 Å². The number of nitrogens with one attached hydrogen (secondary N) is 1. The van der Waals surface area contributed by atoms with Gasteiger partial charge < -0.3 is 14.0 Å². The van der Waals surface area contributed by atoms with Crippen molar-refractivity contribution in [2.75, 3.05) is 6.79 Å². The first-order chi connectivity index (χ1) is 12.5. The summed E-state index contributed by atoms with van der Waals surface area (Å²) in [6.45, 7) is 1.95. The smallest absolute Gasteiger partial charge is 0.242 e. The lowest BCUT2D eigenvalue weighted by Crippen LogP contribution is -2.23. The second-order valence-corrected chi connectivity index (χ2v) is 7.48. The molecule has 0 amide bonds. The predicted octanol–water partition coefficient (Wildman–Crippen LogP) is 2.25. The van der Waals surface area contributed by atoms with E-state index in [1.54, 1.807) is 6.07 Å². The third-order valence-corrected chi connectivity index (χ3v) is 5.24. The van der Waals surface area contributed by atoms with Gasteiger partial charge in [-0.25, -0.2) is 13.1 Å². The van der Waals surface area contributed by atoms with Crippen LogP contribution in [0.4, 0.5) is 0 Å². The maximum Gasteiger partial charge on any atom is 0.242 e. The van der Waals surface area contributed by atoms with Crippen molar-refractivity contribution in [3.05, 3.63) is 53.9 Å². The number of fused-ring (bicyclic) bond motifs is 1. The van der Waals surface area contributed by atoms with Gasteiger partial charge in [-0.3, -0.25) is 0 Å². The summed E-state index contributed by atoms with van der Waals surface area (Å²) in [4.78, 5) is 4.28. The fraction of sp³-hybridized carbons (Fsp3) is 0.176. The van der Waals surface area contributed by atoms with E-state index in [0.717, 1.165) is 11.1 Å². The molecule has 0 saturated heterocycles. The normalized spacial score (nSPS) is 13.1. The van der Waals surface area contributed by atoms with Crippen LogP contribution in [0.2, 0.25) is 0 Å². The topological polar surface area (TPSA) is 104 Å². The zero-order valence-electron chi connectivity index (χ0n) is 13.8. The Morgan fingerprint density at radius 3 is 2.65 bits per heavy atom. The zero-order chi connectivity index (χ0) is 18.1. The molecule has 0 aliphatic carbocycles. The molecule has 8 nitrogen and oxygen atoms in total. The summed E-state index contributed by atoms with van der Waals surface area (Å²) in [6, 6.07) is 12.0. The van der Waals surface area contributed by atoms with Crippen molar-refractivity contribution in [3.8, 4) is 22.9 Å². The molecule has 1 aliphatic rings. The minimum atomic E-state index is -3.75. The van der Waals surface area contributed by atoms with Gasteiger partial charge in [0.2, 0.25) is 28.5 Å². The molecule has 3 aromatic rings. The van der Waals surface area contributed by atoms with Crippen molar-refractivity contribution in [3.63, 3.8) is 0 Å². The van der Waals surface area contributed by atoms with Crippen LogP contribution in [0.15, 0.2) is 51.9 Å². The summed E-state index contributed by atoms with van der Waals surface area (Å²) in [7, 11) is -3.75. The summed E-state index contributed by atoms with van der Waals surface area (Å²) in [5.41, 5.74) is 1.91. The number of benzene rings is 2. The van der Waals surface area contributed by atoms with Crippen LogP contribution in [0.25, 0.3) is 11.4 Å². The first-order valence-corrected chi connectivity index (χ1v) is 9.28. The molecule has 26 heavy (non-hydrogen) atoms. The maximum atomic E-state index is 12.4. The molecule has 1 N–H and O–H groups in total. The van der Waals surface area contributed by atoms with Gasteiger partial charge in [-0.15, -0.1) is 0 Å². The molecule has 1 aromatic heterocycles. The van der Waals surface area contributed by atoms with E-state index in [1.807, 2.05) is 31.2 Å². The van der Waals surface area contributed by atoms with Crippen LogP contribution < -0.4 is 14.2 Å². The minimum absolute atomic E-state index is 0.0695. The van der Waals surface area contributed by atoms with Crippen LogP contribution in [-0.4, -0.2) is 25.4 Å². The van der Waals surface area contributed by atoms with Crippen molar-refractivity contribution in [1.29, 1.82) is 0 Å². The van der Waals surface area contributed by atoms with Crippen molar-refractivity contribution in [2.45, 2.75) is 18.4 Å². The Kier molecular flexibility index (Phi) is 4.09. The van der Waals surface area contributed by atoms with E-state index in [-0.39, 0.29) is 24.1 Å². The summed E-state index contributed by atoms with van der Waals surface area (Å²) in [5.74, 6) is 1.49. The molecule has 2 heterocycles. The van der Waals surface area contributed by atoms with E-state index in [2.05, 4.69) is 14.9 Å². The highest BCUT2D eigenvalue weighted by molar-refractivity contribution is 7.89. The number of rotatable bonds is 5. The average Bonchev–Trinajstić information content (AvgIpc) is 3.29. The van der Waals surface area contributed by atoms with Crippen LogP contribution >= 0.6 is 0 Å². The molecule has 2 aromatic carbocycles. The van der Waals surface area contributed by atoms with Gasteiger partial charge in [-0.2, -0.15) is 4.98 Å². The third kappa shape index (κ3) is 3.26. The monoisotopic (exact) mass is 373 g/mol. The van der Waals surface area contributed by atoms with E-state index in [4.69, 9.17) is 14.0 Å². The van der Waals surface area contributed by atoms with Crippen LogP contribution in [-0.2, 0) is 16.6 Å². The van der Waals surface area contributed by atoms with Crippen molar-refractivity contribution >= 4 is 10.0 Å². The molecule has 0 atom stereocenters. The van der Waals surface area contributed by atoms with E-state index in [1.165, 1.54) is 12.1 Å². The van der Waals surface area contributed by atoms with Gasteiger partial charge in [0.1, 0.15) is 0 Å². The second kappa shape index (κ2) is 6.43. The Morgan fingerprint density at radius 1 is 1.08 bits per heavy atom. The van der Waals surface area contributed by atoms with Gasteiger partial charge in [0.15, 0.2) is 11.5 Å². The van der Waals surface area contributed by atoms with Gasteiger partial charge in [0, 0.05) is 11.6 Å². The molecule has 1 aliphatic heterocycles. The molecule has 9 heteroatoms. The first kappa shape index (κ1) is 16.6. The predicted molar refractivity (Wildman–Crippen MR) is 91.1 cm³/mol. The highest BCUT2D eigenvalue weighted by Gasteiger charge is 2.21. The van der Waals surface area contributed by atoms with Crippen LogP contribution in [0.1, 0.15) is 11.5 Å². The highest BCUT2D eigenvalue weighted by Crippen LogP contribution is 2.33. The van der Waals surface area contributed by atoms with Crippen LogP contribution in [0.3, 0.4) is 0 Å². The van der Waals surface area contributed by atoms with Crippen LogP contribution in [0.5, 0.6) is 11.5 Å². The van der Waals surface area contributed by atoms with E-state index < -0.39 is 10.0 Å². The fourth-order valence-electron chi connectivity index (χ4n) is 2.43. The van der Waals surface area contributed by atoms with Gasteiger partial charge in [-0.1, -0.05) is 35.0 Å². The summed E-state index contributed by atoms with van der Waals surface area (Å²) >= 11 is 0. The number of ether oxygens (including phenoxy) is 2. The molecule has 0 unspecified atom stereocenters. The molecule has 0 spiro atoms. The number of aryl methyl sites for hydroxylation is 1. The minimum Gasteiger partial charge on any atom is -0.454 e. The SMILES string of the molecule is Cc1ccc(-c2noc(CNS(=O)(=O)c3ccc4c(c3)OCO4)n2)cc1. The van der Waals surface area contributed by atoms with Crippen molar-refractivity contribution in [2.24, 2.45) is 0 Å². The molecular formula is C17H15N3O5S. The number of hydrogen-bond donors (Lipinski definition) is 1. The zero-order valence-corrected chi connectivity index (χ0v) is 14.6. The molecule has 0 radical (unpaired) electrons. The Hall–Kier alpha value is -2.91. The Bertz CT molecular complexity index is 1040. The molecule has 134 valence electrons. The van der Waals surface area contributed by atoms with E-state index >= 15 is 0 Å². The Morgan fingerprint density at radius 2 is 1.85 bits per heavy atom. The second-order valence-electron chi connectivity index (χ2n) is 5.72.